The third kappa shape index (κ3) is 8.63. The maximum atomic E-state index is 12.2. The summed E-state index contributed by atoms with van der Waals surface area (Å²) in [6.45, 7) is 6.76. The quantitative estimate of drug-likeness (QED) is 0.446. The Kier molecular flexibility index (Phi) is 11.8. The number of carbonyl (C=O) groups is 2. The third-order valence-electron chi connectivity index (χ3n) is 5.68. The number of benzene rings is 1. The van der Waals surface area contributed by atoms with Crippen LogP contribution >= 0.6 is 0 Å². The molecule has 0 aromatic heterocycles. The van der Waals surface area contributed by atoms with Gasteiger partial charge in [0.2, 0.25) is 0 Å². The molecule has 0 saturated heterocycles. The van der Waals surface area contributed by atoms with E-state index in [0.29, 0.717) is 31.1 Å². The molecule has 32 heavy (non-hydrogen) atoms. The molecule has 1 aliphatic rings. The molecule has 0 heterocycles. The van der Waals surface area contributed by atoms with Crippen molar-refractivity contribution >= 4 is 23.0 Å². The predicted octanol–water partition coefficient (Wildman–Crippen LogP) is 3.24. The van der Waals surface area contributed by atoms with E-state index in [1.54, 1.807) is 7.11 Å². The highest BCUT2D eigenvalue weighted by atomic mass is 16.5. The highest BCUT2D eigenvalue weighted by Crippen LogP contribution is 2.19. The van der Waals surface area contributed by atoms with E-state index in [0.717, 1.165) is 57.5 Å². The Balaban J connectivity index is 1.66. The minimum Gasteiger partial charge on any atom is -0.496 e. The molecule has 0 bridgehead atoms. The normalized spacial score (nSPS) is 17.0. The maximum Gasteiger partial charge on any atom is 0.183 e. The lowest BCUT2D eigenvalue weighted by atomic mass is 9.93. The SMILES string of the molecule is CCN(CCCCCCN=C1CC(=O)C(=NCCCN)CC1=O)Cc1ccccc1OC. The van der Waals surface area contributed by atoms with E-state index in [-0.39, 0.29) is 24.4 Å². The van der Waals surface area contributed by atoms with Crippen LogP contribution in [0.15, 0.2) is 34.3 Å². The predicted molar refractivity (Wildman–Crippen MR) is 130 cm³/mol. The van der Waals surface area contributed by atoms with Gasteiger partial charge in [-0.1, -0.05) is 38.0 Å². The van der Waals surface area contributed by atoms with Crippen LogP contribution in [0.3, 0.4) is 0 Å². The lowest BCUT2D eigenvalue weighted by Gasteiger charge is -2.21. The summed E-state index contributed by atoms with van der Waals surface area (Å²) in [5, 5.41) is 0. The summed E-state index contributed by atoms with van der Waals surface area (Å²) >= 11 is 0. The molecule has 0 amide bonds. The number of unbranched alkanes of at least 4 members (excludes halogenated alkanes) is 3. The van der Waals surface area contributed by atoms with Crippen LogP contribution in [-0.4, -0.2) is 67.7 Å². The lowest BCUT2D eigenvalue weighted by Crippen LogP contribution is -2.33. The fourth-order valence-electron chi connectivity index (χ4n) is 3.74. The zero-order chi connectivity index (χ0) is 23.2. The number of nitrogens with zero attached hydrogens (tertiary/aromatic N) is 3. The fourth-order valence-corrected chi connectivity index (χ4v) is 3.74. The van der Waals surface area contributed by atoms with Gasteiger partial charge in [0, 0.05) is 25.2 Å². The van der Waals surface area contributed by atoms with Crippen molar-refractivity contribution in [3.63, 3.8) is 0 Å². The first kappa shape index (κ1) is 25.9. The van der Waals surface area contributed by atoms with Gasteiger partial charge in [-0.3, -0.25) is 24.5 Å². The van der Waals surface area contributed by atoms with E-state index >= 15 is 0 Å². The molecule has 1 fully saturated rings. The van der Waals surface area contributed by atoms with Gasteiger partial charge in [-0.05, 0) is 45.0 Å². The molecular formula is C25H38N4O3. The first-order valence-electron chi connectivity index (χ1n) is 11.8. The number of carbonyl (C=O) groups excluding carboxylic acids is 2. The number of Topliss-reactive ketones (excluding diaryl/α,β-unsaturated/α-hetero) is 2. The summed E-state index contributed by atoms with van der Waals surface area (Å²) in [7, 11) is 1.71. The zero-order valence-corrected chi connectivity index (χ0v) is 19.6. The van der Waals surface area contributed by atoms with Gasteiger partial charge in [-0.25, -0.2) is 0 Å². The third-order valence-corrected chi connectivity index (χ3v) is 5.68. The zero-order valence-electron chi connectivity index (χ0n) is 19.6. The summed E-state index contributed by atoms with van der Waals surface area (Å²) in [5.74, 6) is 0.802. The largest absolute Gasteiger partial charge is 0.496 e. The molecule has 1 saturated carbocycles. The molecule has 0 atom stereocenters. The molecule has 176 valence electrons. The second-order valence-electron chi connectivity index (χ2n) is 8.09. The summed E-state index contributed by atoms with van der Waals surface area (Å²) in [4.78, 5) is 35.5. The monoisotopic (exact) mass is 442 g/mol. The van der Waals surface area contributed by atoms with Crippen LogP contribution in [0.25, 0.3) is 0 Å². The number of ketones is 2. The van der Waals surface area contributed by atoms with Crippen LogP contribution in [0.2, 0.25) is 0 Å². The van der Waals surface area contributed by atoms with E-state index in [1.807, 2.05) is 18.2 Å². The van der Waals surface area contributed by atoms with Gasteiger partial charge in [0.15, 0.2) is 11.6 Å². The average Bonchev–Trinajstić information content (AvgIpc) is 2.80. The Bertz CT molecular complexity index is 804. The number of hydrogen-bond donors (Lipinski definition) is 1. The van der Waals surface area contributed by atoms with Gasteiger partial charge in [0.1, 0.15) is 5.75 Å². The van der Waals surface area contributed by atoms with Gasteiger partial charge in [0.25, 0.3) is 0 Å². The van der Waals surface area contributed by atoms with Crippen LogP contribution in [-0.2, 0) is 16.1 Å². The number of hydrogen-bond acceptors (Lipinski definition) is 7. The van der Waals surface area contributed by atoms with E-state index in [9.17, 15) is 9.59 Å². The molecule has 2 rings (SSSR count). The van der Waals surface area contributed by atoms with Crippen LogP contribution in [0.1, 0.15) is 57.4 Å². The second-order valence-corrected chi connectivity index (χ2v) is 8.09. The standard InChI is InChI=1S/C25H38N4O3/c1-3-29(19-20-11-6-7-12-25(20)32-2)16-9-5-4-8-14-27-21-17-24(31)22(18-23(21)30)28-15-10-13-26/h6-7,11-12H,3-5,8-10,13-19,26H2,1-2H3. The van der Waals surface area contributed by atoms with Gasteiger partial charge >= 0.3 is 0 Å². The number of aliphatic imine (C=N–C) groups is 2. The Morgan fingerprint density at radius 2 is 1.56 bits per heavy atom. The van der Waals surface area contributed by atoms with E-state index in [2.05, 4.69) is 27.9 Å². The number of rotatable bonds is 14. The van der Waals surface area contributed by atoms with Gasteiger partial charge in [0.05, 0.1) is 31.4 Å². The molecule has 2 N–H and O–H groups in total. The number of methoxy groups -OCH3 is 1. The molecule has 1 aromatic carbocycles. The molecule has 1 aromatic rings. The number of ether oxygens (including phenoxy) is 1. The van der Waals surface area contributed by atoms with E-state index < -0.39 is 0 Å². The van der Waals surface area contributed by atoms with Crippen molar-refractivity contribution in [2.75, 3.05) is 39.8 Å². The molecule has 0 aliphatic heterocycles. The Morgan fingerprint density at radius 3 is 2.19 bits per heavy atom. The summed E-state index contributed by atoms with van der Waals surface area (Å²) in [6.07, 6.45) is 5.15. The lowest BCUT2D eigenvalue weighted by molar-refractivity contribution is -0.116. The van der Waals surface area contributed by atoms with Crippen LogP contribution in [0.4, 0.5) is 0 Å². The topological polar surface area (TPSA) is 97.4 Å². The van der Waals surface area contributed by atoms with Crippen LogP contribution in [0.5, 0.6) is 5.75 Å². The second kappa shape index (κ2) is 14.6. The molecule has 7 heteroatoms. The molecule has 0 radical (unpaired) electrons. The highest BCUT2D eigenvalue weighted by Gasteiger charge is 2.27. The van der Waals surface area contributed by atoms with Gasteiger partial charge in [-0.2, -0.15) is 0 Å². The Morgan fingerprint density at radius 1 is 0.938 bits per heavy atom. The van der Waals surface area contributed by atoms with Crippen molar-refractivity contribution in [3.8, 4) is 5.75 Å². The Labute approximate surface area is 192 Å². The van der Waals surface area contributed by atoms with Crippen molar-refractivity contribution in [1.29, 1.82) is 0 Å². The summed E-state index contributed by atoms with van der Waals surface area (Å²) < 4.78 is 5.46. The smallest absolute Gasteiger partial charge is 0.183 e. The van der Waals surface area contributed by atoms with Crippen molar-refractivity contribution in [2.45, 2.75) is 58.4 Å². The molecule has 0 unspecified atom stereocenters. The van der Waals surface area contributed by atoms with Crippen LogP contribution < -0.4 is 10.5 Å². The molecule has 7 nitrogen and oxygen atoms in total. The van der Waals surface area contributed by atoms with E-state index in [4.69, 9.17) is 10.5 Å². The van der Waals surface area contributed by atoms with Gasteiger partial charge in [-0.15, -0.1) is 0 Å². The number of para-hydroxylation sites is 1. The fraction of sp³-hybridized carbons (Fsp3) is 0.600. The van der Waals surface area contributed by atoms with E-state index in [1.165, 1.54) is 5.56 Å². The van der Waals surface area contributed by atoms with Gasteiger partial charge < -0.3 is 10.5 Å². The Hall–Kier alpha value is -2.38. The summed E-state index contributed by atoms with van der Waals surface area (Å²) in [6, 6.07) is 8.17. The van der Waals surface area contributed by atoms with Crippen molar-refractivity contribution < 1.29 is 14.3 Å². The first-order valence-corrected chi connectivity index (χ1v) is 11.8. The molecule has 0 spiro atoms. The minimum atomic E-state index is -0.0740. The molecular weight excluding hydrogens is 404 g/mol. The van der Waals surface area contributed by atoms with Crippen molar-refractivity contribution in [1.82, 2.24) is 4.90 Å². The highest BCUT2D eigenvalue weighted by molar-refractivity contribution is 6.60. The van der Waals surface area contributed by atoms with Crippen molar-refractivity contribution in [3.05, 3.63) is 29.8 Å². The number of nitrogens with two attached hydrogens (primary N) is 1. The maximum absolute atomic E-state index is 12.2. The van der Waals surface area contributed by atoms with Crippen molar-refractivity contribution in [2.24, 2.45) is 15.7 Å². The average molecular weight is 443 g/mol. The molecule has 1 aliphatic carbocycles. The van der Waals surface area contributed by atoms with Crippen LogP contribution in [0, 0.1) is 0 Å². The summed E-state index contributed by atoms with van der Waals surface area (Å²) in [5.41, 5.74) is 7.46. The minimum absolute atomic E-state index is 0.0639. The first-order chi connectivity index (χ1) is 15.6.